The van der Waals surface area contributed by atoms with Gasteiger partial charge >= 0.3 is 0 Å². The van der Waals surface area contributed by atoms with Crippen molar-refractivity contribution < 1.29 is 4.79 Å². The number of nitrogens with zero attached hydrogens (tertiary/aromatic N) is 1. The molecule has 3 N–H and O–H groups in total. The van der Waals surface area contributed by atoms with Gasteiger partial charge in [0.25, 0.3) is 0 Å². The molecule has 1 aromatic carbocycles. The van der Waals surface area contributed by atoms with E-state index in [2.05, 4.69) is 31.0 Å². The van der Waals surface area contributed by atoms with Crippen molar-refractivity contribution >= 4 is 40.5 Å². The van der Waals surface area contributed by atoms with Gasteiger partial charge in [0.05, 0.1) is 16.4 Å². The third-order valence-corrected chi connectivity index (χ3v) is 4.11. The highest BCUT2D eigenvalue weighted by Crippen LogP contribution is 2.32. The maximum atomic E-state index is 12.0. The smallest absolute Gasteiger partial charge is 0.225 e. The van der Waals surface area contributed by atoms with Crippen LogP contribution in [0.2, 0.25) is 10.0 Å². The number of nitrogen functional groups attached to an aromatic ring is 1. The first-order valence-electron chi connectivity index (χ1n) is 7.17. The number of carbonyl (C=O) groups is 1. The summed E-state index contributed by atoms with van der Waals surface area (Å²) in [4.78, 5) is 14.3. The van der Waals surface area contributed by atoms with Crippen LogP contribution in [0.1, 0.15) is 33.6 Å². The Labute approximate surface area is 136 Å². The second kappa shape index (κ2) is 8.47. The molecule has 0 radical (unpaired) electrons. The zero-order chi connectivity index (χ0) is 16.0. The summed E-state index contributed by atoms with van der Waals surface area (Å²) in [5, 5.41) is 3.56. The molecule has 21 heavy (non-hydrogen) atoms. The van der Waals surface area contributed by atoms with E-state index in [1.165, 1.54) is 0 Å². The van der Waals surface area contributed by atoms with Gasteiger partial charge in [-0.25, -0.2) is 0 Å². The van der Waals surface area contributed by atoms with Gasteiger partial charge < -0.3 is 16.0 Å². The summed E-state index contributed by atoms with van der Waals surface area (Å²) in [7, 11) is 0. The van der Waals surface area contributed by atoms with Crippen LogP contribution < -0.4 is 11.1 Å². The number of rotatable bonds is 7. The summed E-state index contributed by atoms with van der Waals surface area (Å²) in [5.41, 5.74) is 6.63. The molecule has 0 bridgehead atoms. The average molecular weight is 332 g/mol. The van der Waals surface area contributed by atoms with Gasteiger partial charge in [0.15, 0.2) is 0 Å². The van der Waals surface area contributed by atoms with Crippen molar-refractivity contribution in [3.05, 3.63) is 22.2 Å². The highest BCUT2D eigenvalue weighted by Gasteiger charge is 2.14. The Bertz CT molecular complexity index is 471. The van der Waals surface area contributed by atoms with E-state index in [1.54, 1.807) is 12.1 Å². The zero-order valence-corrected chi connectivity index (χ0v) is 14.3. The van der Waals surface area contributed by atoms with Crippen LogP contribution in [0.4, 0.5) is 11.4 Å². The van der Waals surface area contributed by atoms with Gasteiger partial charge in [-0.3, -0.25) is 4.79 Å². The van der Waals surface area contributed by atoms with Crippen molar-refractivity contribution in [3.8, 4) is 0 Å². The Morgan fingerprint density at radius 1 is 1.38 bits per heavy atom. The molecule has 0 saturated carbocycles. The molecule has 4 nitrogen and oxygen atoms in total. The van der Waals surface area contributed by atoms with Crippen LogP contribution in [0.5, 0.6) is 0 Å². The van der Waals surface area contributed by atoms with Gasteiger partial charge in [0.1, 0.15) is 0 Å². The van der Waals surface area contributed by atoms with Crippen molar-refractivity contribution in [1.29, 1.82) is 0 Å². The molecular weight excluding hydrogens is 309 g/mol. The number of hydrogen-bond donors (Lipinski definition) is 2. The lowest BCUT2D eigenvalue weighted by molar-refractivity contribution is -0.116. The zero-order valence-electron chi connectivity index (χ0n) is 12.7. The molecule has 1 aromatic rings. The second-order valence-electron chi connectivity index (χ2n) is 5.04. The largest absolute Gasteiger partial charge is 0.397 e. The van der Waals surface area contributed by atoms with E-state index in [1.807, 2.05) is 0 Å². The van der Waals surface area contributed by atoms with Crippen molar-refractivity contribution in [2.24, 2.45) is 0 Å². The second-order valence-corrected chi connectivity index (χ2v) is 5.88. The number of nitrogens with two attached hydrogens (primary N) is 1. The minimum atomic E-state index is -0.104. The fraction of sp³-hybridized carbons (Fsp3) is 0.533. The summed E-state index contributed by atoms with van der Waals surface area (Å²) in [6.45, 7) is 8.03. The van der Waals surface area contributed by atoms with Crippen LogP contribution in [0.15, 0.2) is 12.1 Å². The average Bonchev–Trinajstić information content (AvgIpc) is 2.43. The fourth-order valence-electron chi connectivity index (χ4n) is 2.12. The maximum absolute atomic E-state index is 12.0. The summed E-state index contributed by atoms with van der Waals surface area (Å²) in [6, 6.07) is 3.60. The molecular formula is C15H23Cl2N3O. The lowest BCUT2D eigenvalue weighted by Gasteiger charge is -2.26. The van der Waals surface area contributed by atoms with Gasteiger partial charge in [-0.15, -0.1) is 0 Å². The Balaban J connectivity index is 2.62. The maximum Gasteiger partial charge on any atom is 0.225 e. The van der Waals surface area contributed by atoms with Crippen molar-refractivity contribution in [2.75, 3.05) is 24.1 Å². The number of benzene rings is 1. The van der Waals surface area contributed by atoms with Crippen molar-refractivity contribution in [1.82, 2.24) is 4.90 Å². The summed E-state index contributed by atoms with van der Waals surface area (Å²) in [5.74, 6) is -0.104. The molecule has 0 aromatic heterocycles. The third kappa shape index (κ3) is 5.38. The standard InChI is InChI=1S/C15H23Cl2N3O/c1-4-10(3)20(5-2)7-6-14(21)19-15-12(17)8-11(16)9-13(15)18/h8-10H,4-7,18H2,1-3H3,(H,19,21). The molecule has 0 fully saturated rings. The summed E-state index contributed by atoms with van der Waals surface area (Å²) in [6.07, 6.45) is 1.46. The van der Waals surface area contributed by atoms with Crippen LogP contribution in [-0.2, 0) is 4.79 Å². The lowest BCUT2D eigenvalue weighted by atomic mass is 10.2. The van der Waals surface area contributed by atoms with Gasteiger partial charge in [0.2, 0.25) is 5.91 Å². The lowest BCUT2D eigenvalue weighted by Crippen LogP contribution is -2.35. The molecule has 0 saturated heterocycles. The van der Waals surface area contributed by atoms with Crippen LogP contribution in [0.25, 0.3) is 0 Å². The van der Waals surface area contributed by atoms with E-state index < -0.39 is 0 Å². The first-order valence-corrected chi connectivity index (χ1v) is 7.93. The predicted molar refractivity (Wildman–Crippen MR) is 91.1 cm³/mol. The fourth-order valence-corrected chi connectivity index (χ4v) is 2.68. The molecule has 1 amide bonds. The molecule has 0 aliphatic carbocycles. The highest BCUT2D eigenvalue weighted by atomic mass is 35.5. The normalized spacial score (nSPS) is 12.5. The Hall–Kier alpha value is -0.970. The molecule has 0 spiro atoms. The molecule has 0 heterocycles. The van der Waals surface area contributed by atoms with E-state index in [4.69, 9.17) is 28.9 Å². The Kier molecular flexibility index (Phi) is 7.29. The summed E-state index contributed by atoms with van der Waals surface area (Å²) < 4.78 is 0. The number of halogens is 2. The van der Waals surface area contributed by atoms with Crippen LogP contribution in [0.3, 0.4) is 0 Å². The first kappa shape index (κ1) is 18.1. The predicted octanol–water partition coefficient (Wildman–Crippen LogP) is 4.02. The number of amides is 1. The Morgan fingerprint density at radius 3 is 2.57 bits per heavy atom. The molecule has 6 heteroatoms. The topological polar surface area (TPSA) is 58.4 Å². The number of carbonyl (C=O) groups excluding carboxylic acids is 1. The molecule has 1 atom stereocenters. The number of nitrogens with one attached hydrogen (secondary N) is 1. The van der Waals surface area contributed by atoms with Crippen molar-refractivity contribution in [2.45, 2.75) is 39.7 Å². The molecule has 0 aliphatic rings. The molecule has 1 unspecified atom stereocenters. The van der Waals surface area contributed by atoms with Crippen LogP contribution in [0, 0.1) is 0 Å². The Morgan fingerprint density at radius 2 is 2.05 bits per heavy atom. The van der Waals surface area contributed by atoms with Gasteiger partial charge in [-0.05, 0) is 32.0 Å². The van der Waals surface area contributed by atoms with E-state index >= 15 is 0 Å². The molecule has 118 valence electrons. The number of hydrogen-bond acceptors (Lipinski definition) is 3. The van der Waals surface area contributed by atoms with Gasteiger partial charge in [-0.2, -0.15) is 0 Å². The minimum Gasteiger partial charge on any atom is -0.397 e. The quantitative estimate of drug-likeness (QED) is 0.741. The van der Waals surface area contributed by atoms with E-state index in [9.17, 15) is 4.79 Å². The van der Waals surface area contributed by atoms with E-state index in [0.717, 1.165) is 13.0 Å². The van der Waals surface area contributed by atoms with Crippen LogP contribution >= 0.6 is 23.2 Å². The third-order valence-electron chi connectivity index (χ3n) is 3.60. The van der Waals surface area contributed by atoms with Crippen molar-refractivity contribution in [3.63, 3.8) is 0 Å². The SMILES string of the molecule is CCC(C)N(CC)CCC(=O)Nc1c(N)cc(Cl)cc1Cl. The van der Waals surface area contributed by atoms with Gasteiger partial charge in [0, 0.05) is 24.0 Å². The first-order chi connectivity index (χ1) is 9.88. The minimum absolute atomic E-state index is 0.104. The van der Waals surface area contributed by atoms with Gasteiger partial charge in [-0.1, -0.05) is 37.0 Å². The van der Waals surface area contributed by atoms with E-state index in [-0.39, 0.29) is 5.91 Å². The number of anilines is 2. The monoisotopic (exact) mass is 331 g/mol. The highest BCUT2D eigenvalue weighted by molar-refractivity contribution is 6.37. The summed E-state index contributed by atoms with van der Waals surface area (Å²) >= 11 is 11.9. The molecule has 0 aliphatic heterocycles. The van der Waals surface area contributed by atoms with E-state index in [0.29, 0.717) is 40.4 Å². The molecule has 1 rings (SSSR count). The van der Waals surface area contributed by atoms with Crippen LogP contribution in [-0.4, -0.2) is 29.9 Å².